The first-order valence-corrected chi connectivity index (χ1v) is 9.71. The van der Waals surface area contributed by atoms with Crippen LogP contribution >= 0.6 is 23.2 Å². The van der Waals surface area contributed by atoms with Crippen LogP contribution < -0.4 is 10.7 Å². The molecule has 0 aliphatic carbocycles. The molecule has 0 saturated heterocycles. The van der Waals surface area contributed by atoms with Gasteiger partial charge in [-0.3, -0.25) is 9.59 Å². The molecule has 0 unspecified atom stereocenters. The Kier molecular flexibility index (Phi) is 7.38. The number of halogens is 2. The Balaban J connectivity index is 1.81. The van der Waals surface area contributed by atoms with Gasteiger partial charge in [0.2, 0.25) is 0 Å². The fourth-order valence-corrected chi connectivity index (χ4v) is 3.00. The van der Waals surface area contributed by atoms with Gasteiger partial charge >= 0.3 is 0 Å². The monoisotopic (exact) mass is 437 g/mol. The van der Waals surface area contributed by atoms with Crippen LogP contribution in [0.15, 0.2) is 89.7 Å². The van der Waals surface area contributed by atoms with E-state index < -0.39 is 11.8 Å². The molecule has 0 fully saturated rings. The van der Waals surface area contributed by atoms with Crippen LogP contribution in [0.1, 0.15) is 21.5 Å². The summed E-state index contributed by atoms with van der Waals surface area (Å²) in [5.74, 6) is -1.01. The van der Waals surface area contributed by atoms with E-state index >= 15 is 0 Å². The number of hydrogen-bond donors (Lipinski definition) is 2. The zero-order valence-corrected chi connectivity index (χ0v) is 17.2. The molecule has 0 bridgehead atoms. The second-order valence-corrected chi connectivity index (χ2v) is 6.94. The molecule has 0 radical (unpaired) electrons. The smallest absolute Gasteiger partial charge is 0.287 e. The van der Waals surface area contributed by atoms with Gasteiger partial charge in [-0.1, -0.05) is 77.8 Å². The number of carbonyl (C=O) groups is 2. The fourth-order valence-electron chi connectivity index (χ4n) is 2.51. The molecule has 3 aromatic carbocycles. The first kappa shape index (κ1) is 21.3. The van der Waals surface area contributed by atoms with Crippen molar-refractivity contribution in [3.05, 3.63) is 111 Å². The van der Waals surface area contributed by atoms with Crippen molar-refractivity contribution in [2.45, 2.75) is 0 Å². The molecule has 3 rings (SSSR count). The van der Waals surface area contributed by atoms with Crippen LogP contribution in [0.2, 0.25) is 10.0 Å². The molecular weight excluding hydrogens is 421 g/mol. The van der Waals surface area contributed by atoms with E-state index in [4.69, 9.17) is 23.2 Å². The lowest BCUT2D eigenvalue weighted by atomic mass is 10.1. The third-order valence-corrected chi connectivity index (χ3v) is 4.66. The van der Waals surface area contributed by atoms with Gasteiger partial charge in [-0.05, 0) is 35.9 Å². The number of hydrogen-bond acceptors (Lipinski definition) is 3. The Morgan fingerprint density at radius 3 is 2.03 bits per heavy atom. The molecule has 0 saturated carbocycles. The number of nitrogens with one attached hydrogen (secondary N) is 2. The molecule has 5 nitrogen and oxygen atoms in total. The van der Waals surface area contributed by atoms with E-state index in [1.165, 1.54) is 6.21 Å². The zero-order chi connectivity index (χ0) is 21.3. The van der Waals surface area contributed by atoms with Crippen molar-refractivity contribution >= 4 is 47.3 Å². The highest BCUT2D eigenvalue weighted by Crippen LogP contribution is 2.22. The average Bonchev–Trinajstić information content (AvgIpc) is 2.76. The maximum Gasteiger partial charge on any atom is 0.287 e. The molecule has 3 aromatic rings. The second-order valence-electron chi connectivity index (χ2n) is 6.12. The van der Waals surface area contributed by atoms with Gasteiger partial charge in [0.05, 0.1) is 16.3 Å². The first-order chi connectivity index (χ1) is 14.5. The van der Waals surface area contributed by atoms with Crippen LogP contribution in [-0.2, 0) is 4.79 Å². The fraction of sp³-hybridized carbons (Fsp3) is 0. The van der Waals surface area contributed by atoms with Crippen molar-refractivity contribution < 1.29 is 9.59 Å². The average molecular weight is 438 g/mol. The van der Waals surface area contributed by atoms with Crippen molar-refractivity contribution in [3.63, 3.8) is 0 Å². The lowest BCUT2D eigenvalue weighted by molar-refractivity contribution is -0.117. The van der Waals surface area contributed by atoms with Gasteiger partial charge < -0.3 is 5.32 Å². The minimum absolute atomic E-state index is 0.0393. The highest BCUT2D eigenvalue weighted by Gasteiger charge is 2.14. The van der Waals surface area contributed by atoms with Crippen LogP contribution in [0.25, 0.3) is 6.08 Å². The van der Waals surface area contributed by atoms with Crippen LogP contribution in [0.3, 0.4) is 0 Å². The third-order valence-electron chi connectivity index (χ3n) is 4.00. The van der Waals surface area contributed by atoms with Crippen molar-refractivity contribution in [2.24, 2.45) is 5.10 Å². The lowest BCUT2D eigenvalue weighted by Crippen LogP contribution is -2.32. The van der Waals surface area contributed by atoms with Gasteiger partial charge in [-0.15, -0.1) is 0 Å². The van der Waals surface area contributed by atoms with Crippen molar-refractivity contribution in [1.82, 2.24) is 10.7 Å². The molecule has 30 heavy (non-hydrogen) atoms. The Bertz CT molecular complexity index is 1080. The molecule has 2 N–H and O–H groups in total. The van der Waals surface area contributed by atoms with E-state index in [1.54, 1.807) is 54.6 Å². The van der Waals surface area contributed by atoms with Gasteiger partial charge in [0.15, 0.2) is 0 Å². The highest BCUT2D eigenvalue weighted by molar-refractivity contribution is 6.38. The summed E-state index contributed by atoms with van der Waals surface area (Å²) < 4.78 is 0. The SMILES string of the molecule is O=C(N/N=C/c1c(Cl)cccc1Cl)/C(=C/c1ccccc1)NC(=O)c1ccccc1. The molecule has 150 valence electrons. The van der Waals surface area contributed by atoms with Gasteiger partial charge in [-0.2, -0.15) is 5.10 Å². The standard InChI is InChI=1S/C23H17Cl2N3O2/c24-19-12-7-13-20(25)18(19)15-26-28-23(30)21(14-16-8-3-1-4-9-16)27-22(29)17-10-5-2-6-11-17/h1-15H,(H,27,29)(H,28,30)/b21-14-,26-15+. The second kappa shape index (κ2) is 10.4. The molecule has 2 amide bonds. The lowest BCUT2D eigenvalue weighted by Gasteiger charge is -2.09. The predicted octanol–water partition coefficient (Wildman–Crippen LogP) is 4.91. The maximum absolute atomic E-state index is 12.7. The van der Waals surface area contributed by atoms with Crippen LogP contribution in [0.4, 0.5) is 0 Å². The molecule has 0 aliphatic rings. The number of benzene rings is 3. The number of carbonyl (C=O) groups excluding carboxylic acids is 2. The number of rotatable bonds is 6. The summed E-state index contributed by atoms with van der Waals surface area (Å²) in [5, 5.41) is 7.36. The third kappa shape index (κ3) is 5.80. The van der Waals surface area contributed by atoms with E-state index in [0.717, 1.165) is 5.56 Å². The summed E-state index contributed by atoms with van der Waals surface area (Å²) in [4.78, 5) is 25.2. The van der Waals surface area contributed by atoms with Gasteiger partial charge in [0.1, 0.15) is 5.70 Å². The minimum Gasteiger partial charge on any atom is -0.317 e. The van der Waals surface area contributed by atoms with Crippen molar-refractivity contribution in [3.8, 4) is 0 Å². The quantitative estimate of drug-likeness (QED) is 0.326. The predicted molar refractivity (Wildman–Crippen MR) is 121 cm³/mol. The van der Waals surface area contributed by atoms with Gasteiger partial charge in [-0.25, -0.2) is 5.43 Å². The first-order valence-electron chi connectivity index (χ1n) is 8.95. The van der Waals surface area contributed by atoms with Crippen LogP contribution in [0, 0.1) is 0 Å². The van der Waals surface area contributed by atoms with E-state index in [1.807, 2.05) is 30.3 Å². The summed E-state index contributed by atoms with van der Waals surface area (Å²) in [5.41, 5.74) is 4.08. The Morgan fingerprint density at radius 2 is 1.40 bits per heavy atom. The molecule has 0 aromatic heterocycles. The van der Waals surface area contributed by atoms with E-state index in [2.05, 4.69) is 15.8 Å². The van der Waals surface area contributed by atoms with E-state index in [0.29, 0.717) is 21.2 Å². The van der Waals surface area contributed by atoms with Crippen molar-refractivity contribution in [1.29, 1.82) is 0 Å². The maximum atomic E-state index is 12.7. The molecule has 0 spiro atoms. The van der Waals surface area contributed by atoms with E-state index in [9.17, 15) is 9.59 Å². The molecular formula is C23H17Cl2N3O2. The highest BCUT2D eigenvalue weighted by atomic mass is 35.5. The van der Waals surface area contributed by atoms with Crippen LogP contribution in [-0.4, -0.2) is 18.0 Å². The normalized spacial score (nSPS) is 11.3. The van der Waals surface area contributed by atoms with Gasteiger partial charge in [0.25, 0.3) is 11.8 Å². The topological polar surface area (TPSA) is 70.6 Å². The minimum atomic E-state index is -0.595. The summed E-state index contributed by atoms with van der Waals surface area (Å²) in [6.07, 6.45) is 2.91. The Morgan fingerprint density at radius 1 is 0.800 bits per heavy atom. The Labute approximate surface area is 184 Å². The number of nitrogens with zero attached hydrogens (tertiary/aromatic N) is 1. The summed E-state index contributed by atoms with van der Waals surface area (Å²) >= 11 is 12.2. The largest absolute Gasteiger partial charge is 0.317 e. The molecule has 0 atom stereocenters. The van der Waals surface area contributed by atoms with Crippen LogP contribution in [0.5, 0.6) is 0 Å². The summed E-state index contributed by atoms with van der Waals surface area (Å²) in [6, 6.07) is 22.8. The zero-order valence-electron chi connectivity index (χ0n) is 15.7. The summed E-state index contributed by atoms with van der Waals surface area (Å²) in [6.45, 7) is 0. The Hall–Kier alpha value is -3.41. The van der Waals surface area contributed by atoms with Gasteiger partial charge in [0, 0.05) is 11.1 Å². The molecule has 7 heteroatoms. The molecule has 0 heterocycles. The number of amides is 2. The molecule has 0 aliphatic heterocycles. The van der Waals surface area contributed by atoms with Crippen molar-refractivity contribution in [2.75, 3.05) is 0 Å². The van der Waals surface area contributed by atoms with E-state index in [-0.39, 0.29) is 5.70 Å². The number of hydrazone groups is 1. The summed E-state index contributed by atoms with van der Waals surface area (Å²) in [7, 11) is 0.